The number of Topliss-reactive ketones (excluding diaryl/α,β-unsaturated/α-hetero) is 1. The number of nitrogens with two attached hydrogens (primary N) is 2. The van der Waals surface area contributed by atoms with E-state index in [2.05, 4.69) is 4.90 Å². The Kier molecular flexibility index (Phi) is 7.02. The Morgan fingerprint density at radius 1 is 1.25 bits per heavy atom. The molecule has 1 unspecified atom stereocenters. The number of hydrogen-bond donors (Lipinski definition) is 2. The molecule has 192 valence electrons. The van der Waals surface area contributed by atoms with Crippen LogP contribution in [-0.2, 0) is 20.1 Å². The highest BCUT2D eigenvalue weighted by molar-refractivity contribution is 6.01. The normalized spacial score (nSPS) is 15.8. The van der Waals surface area contributed by atoms with Crippen LogP contribution < -0.4 is 32.4 Å². The molecule has 2 aromatic heterocycles. The molecule has 1 aliphatic heterocycles. The zero-order valence-corrected chi connectivity index (χ0v) is 21.2. The average molecular weight is 496 g/mol. The fourth-order valence-corrected chi connectivity index (χ4v) is 4.57. The Balaban J connectivity index is 1.88. The Bertz CT molecular complexity index is 1460. The van der Waals surface area contributed by atoms with Crippen molar-refractivity contribution in [1.29, 1.82) is 0 Å². The van der Waals surface area contributed by atoms with E-state index < -0.39 is 23.6 Å². The maximum absolute atomic E-state index is 13.7. The molecule has 0 saturated carbocycles. The number of allylic oxidation sites excluding steroid dienone is 2. The molecule has 4 N–H and O–H groups in total. The number of rotatable bonds is 7. The number of anilines is 2. The molecule has 1 aromatic carbocycles. The van der Waals surface area contributed by atoms with E-state index in [-0.39, 0.29) is 28.5 Å². The number of para-hydroxylation sites is 1. The van der Waals surface area contributed by atoms with E-state index in [1.54, 1.807) is 25.2 Å². The molecule has 1 aliphatic rings. The van der Waals surface area contributed by atoms with E-state index >= 15 is 0 Å². The molecule has 36 heavy (non-hydrogen) atoms. The Labute approximate surface area is 208 Å². The number of nitrogens with zero attached hydrogens (tertiary/aromatic N) is 5. The van der Waals surface area contributed by atoms with Gasteiger partial charge in [-0.3, -0.25) is 18.7 Å². The molecule has 0 bridgehead atoms. The van der Waals surface area contributed by atoms with Crippen LogP contribution in [0.5, 0.6) is 5.75 Å². The van der Waals surface area contributed by atoms with Crippen molar-refractivity contribution in [2.75, 3.05) is 30.8 Å². The molecule has 3 aromatic rings. The van der Waals surface area contributed by atoms with Crippen LogP contribution >= 0.6 is 0 Å². The van der Waals surface area contributed by atoms with Gasteiger partial charge in [0.15, 0.2) is 16.9 Å². The third-order valence-electron chi connectivity index (χ3n) is 6.52. The van der Waals surface area contributed by atoms with Crippen molar-refractivity contribution < 1.29 is 9.53 Å². The molecule has 1 saturated heterocycles. The number of nitrogen functional groups attached to an aromatic ring is 1. The van der Waals surface area contributed by atoms with Crippen LogP contribution in [0, 0.1) is 0 Å². The largest absolute Gasteiger partial charge is 0.495 e. The van der Waals surface area contributed by atoms with Crippen LogP contribution in [0.2, 0.25) is 0 Å². The van der Waals surface area contributed by atoms with Gasteiger partial charge in [-0.15, -0.1) is 0 Å². The van der Waals surface area contributed by atoms with Crippen molar-refractivity contribution >= 4 is 28.6 Å². The number of benzene rings is 1. The number of carbonyl (C=O) groups excluding carboxylic acids is 1. The second-order valence-corrected chi connectivity index (χ2v) is 9.40. The van der Waals surface area contributed by atoms with Crippen LogP contribution in [0.4, 0.5) is 11.6 Å². The lowest BCUT2D eigenvalue weighted by molar-refractivity contribution is 0.0969. The van der Waals surface area contributed by atoms with Gasteiger partial charge in [-0.1, -0.05) is 17.7 Å². The molecule has 11 heteroatoms. The number of aromatic nitrogens is 4. The third kappa shape index (κ3) is 4.53. The summed E-state index contributed by atoms with van der Waals surface area (Å²) < 4.78 is 9.26. The monoisotopic (exact) mass is 495 g/mol. The number of ketones is 1. The van der Waals surface area contributed by atoms with Gasteiger partial charge in [0.25, 0.3) is 5.56 Å². The van der Waals surface area contributed by atoms with Crippen LogP contribution in [0.25, 0.3) is 11.2 Å². The van der Waals surface area contributed by atoms with Crippen molar-refractivity contribution in [3.63, 3.8) is 0 Å². The van der Waals surface area contributed by atoms with Gasteiger partial charge in [0, 0.05) is 38.3 Å². The number of hydrogen-bond acceptors (Lipinski definition) is 8. The third-order valence-corrected chi connectivity index (χ3v) is 6.52. The van der Waals surface area contributed by atoms with E-state index in [0.717, 1.165) is 29.5 Å². The number of aryl methyl sites for hydroxylation is 1. The summed E-state index contributed by atoms with van der Waals surface area (Å²) in [7, 11) is 3.00. The molecule has 0 aliphatic carbocycles. The number of piperidine rings is 1. The minimum absolute atomic E-state index is 0.00175. The highest BCUT2D eigenvalue weighted by Crippen LogP contribution is 2.26. The highest BCUT2D eigenvalue weighted by Gasteiger charge is 2.27. The van der Waals surface area contributed by atoms with Gasteiger partial charge in [-0.25, -0.2) is 4.79 Å². The molecule has 4 rings (SSSR count). The lowest BCUT2D eigenvalue weighted by Crippen LogP contribution is -2.44. The SMILES string of the molecule is COc1cccc(C(=O)Cn2c(=O)c3c(nc(N4CCCC(N)C4)n3CC=C(C)C)n(C)c2=O)c1N. The first-order chi connectivity index (χ1) is 17.1. The zero-order chi connectivity index (χ0) is 26.1. The van der Waals surface area contributed by atoms with Crippen molar-refractivity contribution in [1.82, 2.24) is 18.7 Å². The van der Waals surface area contributed by atoms with Crippen LogP contribution in [-0.4, -0.2) is 50.7 Å². The van der Waals surface area contributed by atoms with Gasteiger partial charge in [-0.05, 0) is 38.8 Å². The second kappa shape index (κ2) is 10.0. The van der Waals surface area contributed by atoms with E-state index in [0.29, 0.717) is 24.8 Å². The minimum Gasteiger partial charge on any atom is -0.495 e. The van der Waals surface area contributed by atoms with E-state index in [4.69, 9.17) is 21.2 Å². The first-order valence-electron chi connectivity index (χ1n) is 11.9. The first kappa shape index (κ1) is 25.2. The van der Waals surface area contributed by atoms with E-state index in [1.807, 2.05) is 24.5 Å². The number of ether oxygens (including phenoxy) is 1. The lowest BCUT2D eigenvalue weighted by Gasteiger charge is -2.31. The summed E-state index contributed by atoms with van der Waals surface area (Å²) in [6, 6.07) is 4.82. The van der Waals surface area contributed by atoms with Gasteiger partial charge >= 0.3 is 5.69 Å². The maximum Gasteiger partial charge on any atom is 0.332 e. The van der Waals surface area contributed by atoms with E-state index in [1.165, 1.54) is 11.7 Å². The quantitative estimate of drug-likeness (QED) is 0.283. The van der Waals surface area contributed by atoms with Crippen LogP contribution in [0.15, 0.2) is 39.4 Å². The molecule has 3 heterocycles. The minimum atomic E-state index is -0.629. The fraction of sp³-hybridized carbons (Fsp3) is 0.440. The van der Waals surface area contributed by atoms with Crippen molar-refractivity contribution in [3.05, 3.63) is 56.2 Å². The number of methoxy groups -OCH3 is 1. The fourth-order valence-electron chi connectivity index (χ4n) is 4.57. The van der Waals surface area contributed by atoms with Crippen LogP contribution in [0.1, 0.15) is 37.0 Å². The summed E-state index contributed by atoms with van der Waals surface area (Å²) in [4.78, 5) is 46.9. The number of imidazole rings is 1. The van der Waals surface area contributed by atoms with Gasteiger partial charge in [0.2, 0.25) is 5.95 Å². The summed E-state index contributed by atoms with van der Waals surface area (Å²) in [6.07, 6.45) is 3.82. The van der Waals surface area contributed by atoms with Crippen molar-refractivity contribution in [2.45, 2.75) is 45.8 Å². The molecule has 1 fully saturated rings. The smallest absolute Gasteiger partial charge is 0.332 e. The van der Waals surface area contributed by atoms with Gasteiger partial charge in [-0.2, -0.15) is 4.98 Å². The molecule has 11 nitrogen and oxygen atoms in total. The molecular weight excluding hydrogens is 462 g/mol. The topological polar surface area (TPSA) is 143 Å². The first-order valence-corrected chi connectivity index (χ1v) is 11.9. The molecule has 1 atom stereocenters. The molecular formula is C25H33N7O4. The predicted octanol–water partition coefficient (Wildman–Crippen LogP) is 1.26. The highest BCUT2D eigenvalue weighted by atomic mass is 16.5. The number of fused-ring (bicyclic) bond motifs is 1. The lowest BCUT2D eigenvalue weighted by atomic mass is 10.1. The average Bonchev–Trinajstić information content (AvgIpc) is 3.24. The maximum atomic E-state index is 13.7. The Hall–Kier alpha value is -3.86. The molecule has 0 amide bonds. The van der Waals surface area contributed by atoms with Gasteiger partial charge < -0.3 is 25.7 Å². The van der Waals surface area contributed by atoms with E-state index in [9.17, 15) is 14.4 Å². The summed E-state index contributed by atoms with van der Waals surface area (Å²) in [5, 5.41) is 0. The van der Waals surface area contributed by atoms with Crippen molar-refractivity contribution in [2.24, 2.45) is 12.8 Å². The number of carbonyl (C=O) groups is 1. The second-order valence-electron chi connectivity index (χ2n) is 9.40. The Morgan fingerprint density at radius 3 is 2.67 bits per heavy atom. The van der Waals surface area contributed by atoms with Crippen LogP contribution in [0.3, 0.4) is 0 Å². The van der Waals surface area contributed by atoms with Crippen molar-refractivity contribution in [3.8, 4) is 5.75 Å². The van der Waals surface area contributed by atoms with Gasteiger partial charge in [0.1, 0.15) is 5.75 Å². The molecule has 0 spiro atoms. The standard InChI is InChI=1S/C25H33N7O4/c1-15(2)10-12-31-21-22(28-24(31)30-11-6-7-16(26)13-30)29(3)25(35)32(23(21)34)14-18(33)17-8-5-9-19(36-4)20(17)27/h5,8-10,16H,6-7,11-14,26-27H2,1-4H3. The van der Waals surface area contributed by atoms with Gasteiger partial charge in [0.05, 0.1) is 19.3 Å². The summed E-state index contributed by atoms with van der Waals surface area (Å²) in [5.74, 6) is 0.467. The summed E-state index contributed by atoms with van der Waals surface area (Å²) in [6.45, 7) is 5.23. The zero-order valence-electron chi connectivity index (χ0n) is 21.2. The predicted molar refractivity (Wildman–Crippen MR) is 140 cm³/mol. The summed E-state index contributed by atoms with van der Waals surface area (Å²) in [5.41, 5.74) is 13.0. The Morgan fingerprint density at radius 2 is 2.00 bits per heavy atom. The molecule has 0 radical (unpaired) electrons. The summed E-state index contributed by atoms with van der Waals surface area (Å²) >= 11 is 0.